The van der Waals surface area contributed by atoms with Crippen LogP contribution in [0.5, 0.6) is 0 Å². The Morgan fingerprint density at radius 2 is 1.71 bits per heavy atom. The van der Waals surface area contributed by atoms with E-state index in [0.29, 0.717) is 13.0 Å². The average molecular weight is 477 g/mol. The summed E-state index contributed by atoms with van der Waals surface area (Å²) in [5.74, 6) is -1.42. The first-order valence-corrected chi connectivity index (χ1v) is 12.5. The molecule has 1 heterocycles. The highest BCUT2D eigenvalue weighted by Gasteiger charge is 2.58. The van der Waals surface area contributed by atoms with Gasteiger partial charge in [0.05, 0.1) is 5.92 Å². The Hall–Kier alpha value is -3.35. The number of alkyl carbamates (subject to hydrolysis) is 1. The topological polar surface area (TPSA) is 95.9 Å². The number of aliphatic carboxylic acids is 1. The lowest BCUT2D eigenvalue weighted by atomic mass is 9.93. The first-order valence-electron chi connectivity index (χ1n) is 12.5. The summed E-state index contributed by atoms with van der Waals surface area (Å²) in [4.78, 5) is 39.0. The molecule has 2 fully saturated rings. The second kappa shape index (κ2) is 9.36. The van der Waals surface area contributed by atoms with Crippen LogP contribution in [0.3, 0.4) is 0 Å². The molecule has 7 nitrogen and oxygen atoms in total. The molecule has 2 atom stereocenters. The van der Waals surface area contributed by atoms with E-state index in [0.717, 1.165) is 30.4 Å². The fraction of sp³-hybridized carbons (Fsp3) is 0.464. The van der Waals surface area contributed by atoms with Crippen molar-refractivity contribution in [2.45, 2.75) is 51.0 Å². The summed E-state index contributed by atoms with van der Waals surface area (Å²) in [7, 11) is 0. The zero-order valence-electron chi connectivity index (χ0n) is 20.0. The van der Waals surface area contributed by atoms with Gasteiger partial charge in [-0.3, -0.25) is 9.59 Å². The number of carbonyl (C=O) groups excluding carboxylic acids is 2. The van der Waals surface area contributed by atoms with E-state index < -0.39 is 18.0 Å². The summed E-state index contributed by atoms with van der Waals surface area (Å²) in [5, 5.41) is 12.4. The van der Waals surface area contributed by atoms with Gasteiger partial charge in [-0.05, 0) is 41.5 Å². The van der Waals surface area contributed by atoms with Gasteiger partial charge in [0.15, 0.2) is 0 Å². The zero-order valence-corrected chi connectivity index (χ0v) is 20.0. The molecule has 184 valence electrons. The predicted octanol–water partition coefficient (Wildman–Crippen LogP) is 4.41. The zero-order chi connectivity index (χ0) is 24.6. The van der Waals surface area contributed by atoms with Crippen molar-refractivity contribution in [3.05, 3.63) is 59.7 Å². The number of likely N-dealkylation sites (tertiary alicyclic amines) is 1. The van der Waals surface area contributed by atoms with Gasteiger partial charge in [0.1, 0.15) is 6.61 Å². The monoisotopic (exact) mass is 476 g/mol. The van der Waals surface area contributed by atoms with Crippen molar-refractivity contribution in [1.82, 2.24) is 10.2 Å². The molecule has 0 bridgehead atoms. The van der Waals surface area contributed by atoms with E-state index >= 15 is 0 Å². The van der Waals surface area contributed by atoms with Crippen LogP contribution in [0, 0.1) is 11.3 Å². The minimum atomic E-state index is -0.820. The molecule has 0 radical (unpaired) electrons. The Morgan fingerprint density at radius 3 is 2.26 bits per heavy atom. The highest BCUT2D eigenvalue weighted by atomic mass is 16.5. The van der Waals surface area contributed by atoms with E-state index in [1.54, 1.807) is 4.90 Å². The van der Waals surface area contributed by atoms with E-state index in [-0.39, 0.29) is 42.9 Å². The van der Waals surface area contributed by atoms with Gasteiger partial charge < -0.3 is 20.1 Å². The van der Waals surface area contributed by atoms with Crippen LogP contribution >= 0.6 is 0 Å². The number of carboxylic acid groups (broad SMARTS) is 1. The predicted molar refractivity (Wildman–Crippen MR) is 131 cm³/mol. The smallest absolute Gasteiger partial charge is 0.407 e. The standard InChI is InChI=1S/C28H32N2O5/c1-2-7-18(14-25(31)30-15-24(26(32)33)28(17-30)12-13-28)29-27(34)35-16-23-21-10-5-3-8-19(21)20-9-4-6-11-22(20)23/h3-6,8-11,18,23-24H,2,7,12-17H2,1H3,(H,29,34)(H,32,33)/t18-,24?/m1/s1. The summed E-state index contributed by atoms with van der Waals surface area (Å²) < 4.78 is 5.66. The van der Waals surface area contributed by atoms with E-state index in [1.165, 1.54) is 11.1 Å². The summed E-state index contributed by atoms with van der Waals surface area (Å²) in [6, 6.07) is 16.0. The van der Waals surface area contributed by atoms with Gasteiger partial charge in [-0.25, -0.2) is 4.79 Å². The van der Waals surface area contributed by atoms with E-state index in [4.69, 9.17) is 4.74 Å². The molecule has 1 saturated carbocycles. The lowest BCUT2D eigenvalue weighted by molar-refractivity contribution is -0.143. The second-order valence-corrected chi connectivity index (χ2v) is 10.2. The first-order chi connectivity index (χ1) is 16.9. The fourth-order valence-corrected chi connectivity index (χ4v) is 5.89. The van der Waals surface area contributed by atoms with Crippen LogP contribution in [0.25, 0.3) is 11.1 Å². The molecule has 1 spiro atoms. The van der Waals surface area contributed by atoms with Crippen LogP contribution in [0.4, 0.5) is 4.79 Å². The number of carbonyl (C=O) groups is 3. The van der Waals surface area contributed by atoms with Crippen LogP contribution in [0.1, 0.15) is 56.1 Å². The number of ether oxygens (including phenoxy) is 1. The number of benzene rings is 2. The van der Waals surface area contributed by atoms with Crippen LogP contribution < -0.4 is 5.32 Å². The van der Waals surface area contributed by atoms with Crippen molar-refractivity contribution in [1.29, 1.82) is 0 Å². The van der Waals surface area contributed by atoms with E-state index in [2.05, 4.69) is 29.6 Å². The molecule has 2 aliphatic carbocycles. The lowest BCUT2D eigenvalue weighted by Gasteiger charge is -2.22. The average Bonchev–Trinajstić information content (AvgIpc) is 3.39. The molecule has 2 amide bonds. The summed E-state index contributed by atoms with van der Waals surface area (Å²) in [5.41, 5.74) is 4.41. The molecule has 1 aliphatic heterocycles. The minimum absolute atomic E-state index is 0.0216. The van der Waals surface area contributed by atoms with Crippen molar-refractivity contribution in [3.8, 4) is 11.1 Å². The Labute approximate surface area is 205 Å². The first kappa shape index (κ1) is 23.4. The largest absolute Gasteiger partial charge is 0.481 e. The Balaban J connectivity index is 1.19. The molecule has 7 heteroatoms. The van der Waals surface area contributed by atoms with Gasteiger partial charge >= 0.3 is 12.1 Å². The summed E-state index contributed by atoms with van der Waals surface area (Å²) in [6.45, 7) is 3.00. The SMILES string of the molecule is CCC[C@H](CC(=O)N1CC(C(=O)O)C2(CC2)C1)NC(=O)OCC1c2ccccc2-c2ccccc21. The molecule has 35 heavy (non-hydrogen) atoms. The van der Waals surface area contributed by atoms with E-state index in [9.17, 15) is 19.5 Å². The number of nitrogens with zero attached hydrogens (tertiary/aromatic N) is 1. The number of carboxylic acids is 1. The Kier molecular flexibility index (Phi) is 6.26. The molecule has 2 N–H and O–H groups in total. The van der Waals surface area contributed by atoms with Gasteiger partial charge in [0.2, 0.25) is 5.91 Å². The fourth-order valence-electron chi connectivity index (χ4n) is 5.89. The second-order valence-electron chi connectivity index (χ2n) is 10.2. The van der Waals surface area contributed by atoms with E-state index in [1.807, 2.05) is 31.2 Å². The summed E-state index contributed by atoms with van der Waals surface area (Å²) in [6.07, 6.45) is 2.82. The normalized spacial score (nSPS) is 20.3. The lowest BCUT2D eigenvalue weighted by Crippen LogP contribution is -2.41. The number of hydrogen-bond donors (Lipinski definition) is 2. The van der Waals surface area contributed by atoms with Crippen LogP contribution in [-0.2, 0) is 14.3 Å². The number of rotatable bonds is 8. The van der Waals surface area contributed by atoms with Crippen LogP contribution in [-0.4, -0.2) is 53.7 Å². The summed E-state index contributed by atoms with van der Waals surface area (Å²) >= 11 is 0. The van der Waals surface area contributed by atoms with Crippen LogP contribution in [0.2, 0.25) is 0 Å². The van der Waals surface area contributed by atoms with Gasteiger partial charge in [0, 0.05) is 36.9 Å². The molecular formula is C28H32N2O5. The maximum Gasteiger partial charge on any atom is 0.407 e. The van der Waals surface area contributed by atoms with Crippen LogP contribution in [0.15, 0.2) is 48.5 Å². The van der Waals surface area contributed by atoms with Crippen molar-refractivity contribution in [2.75, 3.05) is 19.7 Å². The molecule has 1 saturated heterocycles. The number of nitrogens with one attached hydrogen (secondary N) is 1. The maximum absolute atomic E-state index is 13.0. The number of fused-ring (bicyclic) bond motifs is 3. The third-order valence-electron chi connectivity index (χ3n) is 7.91. The minimum Gasteiger partial charge on any atom is -0.481 e. The number of hydrogen-bond acceptors (Lipinski definition) is 4. The van der Waals surface area contributed by atoms with Gasteiger partial charge in [-0.2, -0.15) is 0 Å². The third-order valence-corrected chi connectivity index (χ3v) is 7.91. The molecule has 3 aliphatic rings. The van der Waals surface area contributed by atoms with Crippen molar-refractivity contribution < 1.29 is 24.2 Å². The highest BCUT2D eigenvalue weighted by molar-refractivity contribution is 5.81. The molecule has 1 unspecified atom stereocenters. The quantitative estimate of drug-likeness (QED) is 0.589. The molecule has 0 aromatic heterocycles. The van der Waals surface area contributed by atoms with Crippen molar-refractivity contribution in [3.63, 3.8) is 0 Å². The maximum atomic E-state index is 13.0. The molecular weight excluding hydrogens is 444 g/mol. The van der Waals surface area contributed by atoms with Gasteiger partial charge in [-0.15, -0.1) is 0 Å². The van der Waals surface area contributed by atoms with Gasteiger partial charge in [-0.1, -0.05) is 61.9 Å². The molecule has 5 rings (SSSR count). The van der Waals surface area contributed by atoms with Gasteiger partial charge in [0.25, 0.3) is 0 Å². The highest BCUT2D eigenvalue weighted by Crippen LogP contribution is 2.56. The van der Waals surface area contributed by atoms with Crippen molar-refractivity contribution >= 4 is 18.0 Å². The Bertz CT molecular complexity index is 1100. The Morgan fingerprint density at radius 1 is 1.09 bits per heavy atom. The number of amides is 2. The third kappa shape index (κ3) is 4.51. The van der Waals surface area contributed by atoms with Crippen molar-refractivity contribution in [2.24, 2.45) is 11.3 Å². The molecule has 2 aromatic rings. The molecule has 2 aromatic carbocycles.